The molecule has 1 aliphatic rings. The van der Waals surface area contributed by atoms with Crippen LogP contribution in [0, 0.1) is 0 Å². The van der Waals surface area contributed by atoms with Gasteiger partial charge in [0.1, 0.15) is 5.75 Å². The van der Waals surface area contributed by atoms with Gasteiger partial charge in [-0.1, -0.05) is 28.9 Å². The number of hydrogen-bond donors (Lipinski definition) is 0. The maximum atomic E-state index is 5.79. The van der Waals surface area contributed by atoms with E-state index < -0.39 is 0 Å². The largest absolute Gasteiger partial charge is 0.493 e. The summed E-state index contributed by atoms with van der Waals surface area (Å²) in [5.41, 5.74) is 1.33. The first-order valence-corrected chi connectivity index (χ1v) is 6.37. The summed E-state index contributed by atoms with van der Waals surface area (Å²) in [6.45, 7) is 3.78. The molecule has 1 atom stereocenters. The molecule has 0 saturated heterocycles. The van der Waals surface area contributed by atoms with Gasteiger partial charge in [0, 0.05) is 22.6 Å². The molecular formula is C13H17BrO2. The van der Waals surface area contributed by atoms with Crippen LogP contribution in [0.4, 0.5) is 0 Å². The van der Waals surface area contributed by atoms with Crippen molar-refractivity contribution in [3.8, 4) is 5.75 Å². The second-order valence-corrected chi connectivity index (χ2v) is 5.50. The molecule has 0 aromatic heterocycles. The van der Waals surface area contributed by atoms with Gasteiger partial charge in [-0.25, -0.2) is 0 Å². The molecule has 2 rings (SSSR count). The number of benzene rings is 1. The Morgan fingerprint density at radius 2 is 2.31 bits per heavy atom. The molecule has 1 aromatic carbocycles. The highest BCUT2D eigenvalue weighted by atomic mass is 79.9. The molecular weight excluding hydrogens is 268 g/mol. The lowest BCUT2D eigenvalue weighted by Gasteiger charge is -2.28. The highest BCUT2D eigenvalue weighted by Gasteiger charge is 2.31. The van der Waals surface area contributed by atoms with Crippen LogP contribution in [0.5, 0.6) is 5.75 Å². The van der Waals surface area contributed by atoms with E-state index >= 15 is 0 Å². The summed E-state index contributed by atoms with van der Waals surface area (Å²) in [5.74, 6) is 0.992. The molecule has 0 fully saturated rings. The molecule has 0 radical (unpaired) electrons. The number of halogens is 1. The lowest BCUT2D eigenvalue weighted by Crippen LogP contribution is -2.27. The summed E-state index contributed by atoms with van der Waals surface area (Å²) in [4.78, 5) is 0. The van der Waals surface area contributed by atoms with Crippen LogP contribution in [-0.4, -0.2) is 20.3 Å². The van der Waals surface area contributed by atoms with Gasteiger partial charge in [-0.3, -0.25) is 0 Å². The van der Waals surface area contributed by atoms with Crippen LogP contribution in [0.15, 0.2) is 22.7 Å². The zero-order valence-corrected chi connectivity index (χ0v) is 11.3. The van der Waals surface area contributed by atoms with Gasteiger partial charge >= 0.3 is 0 Å². The van der Waals surface area contributed by atoms with E-state index in [1.54, 1.807) is 7.11 Å². The smallest absolute Gasteiger partial charge is 0.124 e. The first-order chi connectivity index (χ1) is 7.65. The van der Waals surface area contributed by atoms with E-state index in [0.717, 1.165) is 36.3 Å². The maximum Gasteiger partial charge on any atom is 0.124 e. The van der Waals surface area contributed by atoms with Gasteiger partial charge in [-0.15, -0.1) is 0 Å². The van der Waals surface area contributed by atoms with E-state index in [9.17, 15) is 0 Å². The number of hydrogen-bond acceptors (Lipinski definition) is 2. The summed E-state index contributed by atoms with van der Waals surface area (Å²) in [6.07, 6.45) is 2.18. The van der Waals surface area contributed by atoms with E-state index in [1.165, 1.54) is 5.56 Å². The van der Waals surface area contributed by atoms with Crippen LogP contribution in [0.2, 0.25) is 0 Å². The van der Waals surface area contributed by atoms with Crippen LogP contribution in [0.3, 0.4) is 0 Å². The fourth-order valence-electron chi connectivity index (χ4n) is 2.36. The molecule has 1 aromatic rings. The molecule has 3 heteroatoms. The van der Waals surface area contributed by atoms with Crippen LogP contribution in [0.25, 0.3) is 0 Å². The second kappa shape index (κ2) is 4.76. The first kappa shape index (κ1) is 11.9. The van der Waals surface area contributed by atoms with Crippen molar-refractivity contribution < 1.29 is 9.47 Å². The highest BCUT2D eigenvalue weighted by molar-refractivity contribution is 9.10. The fraction of sp³-hybridized carbons (Fsp3) is 0.538. The van der Waals surface area contributed by atoms with Gasteiger partial charge in [0.05, 0.1) is 13.2 Å². The van der Waals surface area contributed by atoms with Crippen LogP contribution in [-0.2, 0) is 10.2 Å². The number of methoxy groups -OCH3 is 1. The average Bonchev–Trinajstić information content (AvgIpc) is 2.39. The Morgan fingerprint density at radius 1 is 1.50 bits per heavy atom. The van der Waals surface area contributed by atoms with E-state index in [2.05, 4.69) is 41.1 Å². The first-order valence-electron chi connectivity index (χ1n) is 5.57. The Hall–Kier alpha value is -0.540. The fourth-order valence-corrected chi connectivity index (χ4v) is 2.70. The molecule has 0 amide bonds. The monoisotopic (exact) mass is 284 g/mol. The third kappa shape index (κ3) is 2.25. The van der Waals surface area contributed by atoms with Crippen molar-refractivity contribution in [1.29, 1.82) is 0 Å². The third-order valence-corrected chi connectivity index (χ3v) is 3.68. The lowest BCUT2D eigenvalue weighted by molar-refractivity contribution is 0.133. The molecule has 2 nitrogen and oxygen atoms in total. The lowest BCUT2D eigenvalue weighted by atomic mass is 9.79. The van der Waals surface area contributed by atoms with Crippen molar-refractivity contribution in [2.75, 3.05) is 20.3 Å². The van der Waals surface area contributed by atoms with Gasteiger partial charge in [-0.05, 0) is 25.0 Å². The number of rotatable bonds is 2. The van der Waals surface area contributed by atoms with Gasteiger partial charge in [0.15, 0.2) is 0 Å². The number of fused-ring (bicyclic) bond motifs is 1. The normalized spacial score (nSPS) is 24.4. The second-order valence-electron chi connectivity index (χ2n) is 4.59. The van der Waals surface area contributed by atoms with Crippen molar-refractivity contribution >= 4 is 15.9 Å². The Bertz CT molecular complexity index is 378. The molecule has 0 saturated carbocycles. The Morgan fingerprint density at radius 3 is 3.06 bits per heavy atom. The summed E-state index contributed by atoms with van der Waals surface area (Å²) in [7, 11) is 1.76. The minimum atomic E-state index is 0.0707. The molecule has 0 spiro atoms. The molecule has 0 N–H and O–H groups in total. The molecule has 0 aliphatic carbocycles. The van der Waals surface area contributed by atoms with E-state index in [-0.39, 0.29) is 5.41 Å². The zero-order valence-electron chi connectivity index (χ0n) is 9.75. The van der Waals surface area contributed by atoms with E-state index in [1.807, 2.05) is 0 Å². The van der Waals surface area contributed by atoms with E-state index in [0.29, 0.717) is 0 Å². The zero-order chi connectivity index (χ0) is 11.6. The summed E-state index contributed by atoms with van der Waals surface area (Å²) in [5, 5.41) is 0. The van der Waals surface area contributed by atoms with Crippen molar-refractivity contribution in [3.05, 3.63) is 28.2 Å². The molecule has 1 heterocycles. The van der Waals surface area contributed by atoms with Crippen molar-refractivity contribution in [1.82, 2.24) is 0 Å². The average molecular weight is 285 g/mol. The predicted octanol–water partition coefficient (Wildman–Crippen LogP) is 3.53. The highest BCUT2D eigenvalue weighted by Crippen LogP contribution is 2.39. The van der Waals surface area contributed by atoms with Crippen LogP contribution >= 0.6 is 15.9 Å². The minimum absolute atomic E-state index is 0.0707. The molecule has 0 unspecified atom stereocenters. The SMILES string of the molecule is COC[C@]1(C)CCCOc2cc(Br)ccc21. The predicted molar refractivity (Wildman–Crippen MR) is 68.1 cm³/mol. The van der Waals surface area contributed by atoms with Gasteiger partial charge in [0.2, 0.25) is 0 Å². The number of ether oxygens (including phenoxy) is 2. The molecule has 1 aliphatic heterocycles. The minimum Gasteiger partial charge on any atom is -0.493 e. The van der Waals surface area contributed by atoms with Gasteiger partial charge in [0.25, 0.3) is 0 Å². The van der Waals surface area contributed by atoms with Gasteiger partial charge in [-0.2, -0.15) is 0 Å². The van der Waals surface area contributed by atoms with E-state index in [4.69, 9.17) is 9.47 Å². The van der Waals surface area contributed by atoms with Crippen molar-refractivity contribution in [2.24, 2.45) is 0 Å². The third-order valence-electron chi connectivity index (χ3n) is 3.19. The van der Waals surface area contributed by atoms with Crippen molar-refractivity contribution in [3.63, 3.8) is 0 Å². The van der Waals surface area contributed by atoms with Crippen LogP contribution in [0.1, 0.15) is 25.3 Å². The Kier molecular flexibility index (Phi) is 3.55. The van der Waals surface area contributed by atoms with Crippen LogP contribution < -0.4 is 4.74 Å². The molecule has 0 bridgehead atoms. The van der Waals surface area contributed by atoms with Crippen molar-refractivity contribution in [2.45, 2.75) is 25.2 Å². The molecule has 88 valence electrons. The summed E-state index contributed by atoms with van der Waals surface area (Å²) in [6, 6.07) is 6.26. The van der Waals surface area contributed by atoms with Gasteiger partial charge < -0.3 is 9.47 Å². The maximum absolute atomic E-state index is 5.79. The quantitative estimate of drug-likeness (QED) is 0.827. The standard InChI is InChI=1S/C13H17BrO2/c1-13(9-15-2)6-3-7-16-12-8-10(14)4-5-11(12)13/h4-5,8H,3,6-7,9H2,1-2H3/t13-/m0/s1. The summed E-state index contributed by atoms with van der Waals surface area (Å²) >= 11 is 3.48. The summed E-state index contributed by atoms with van der Waals surface area (Å²) < 4.78 is 12.2. The topological polar surface area (TPSA) is 18.5 Å². The Balaban J connectivity index is 2.44. The Labute approximate surface area is 105 Å². The molecule has 16 heavy (non-hydrogen) atoms.